The van der Waals surface area contributed by atoms with Crippen LogP contribution in [0.15, 0.2) is 47.4 Å². The van der Waals surface area contributed by atoms with Gasteiger partial charge < -0.3 is 4.74 Å². The van der Waals surface area contributed by atoms with Gasteiger partial charge in [0.1, 0.15) is 22.3 Å². The van der Waals surface area contributed by atoms with Gasteiger partial charge in [-0.2, -0.15) is 0 Å². The number of carbonyl (C=O) groups excluding carboxylic acids is 1. The van der Waals surface area contributed by atoms with E-state index in [1.165, 1.54) is 18.2 Å². The van der Waals surface area contributed by atoms with Gasteiger partial charge in [0.25, 0.3) is 15.9 Å². The molecule has 2 N–H and O–H groups in total. The zero-order valence-corrected chi connectivity index (χ0v) is 14.4. The maximum atomic E-state index is 13.7. The number of hydrazine groups is 1. The molecule has 0 aromatic heterocycles. The van der Waals surface area contributed by atoms with Gasteiger partial charge in [-0.15, -0.1) is 4.83 Å². The van der Waals surface area contributed by atoms with Crippen molar-refractivity contribution in [3.63, 3.8) is 0 Å². The minimum absolute atomic E-state index is 0.132. The van der Waals surface area contributed by atoms with Crippen molar-refractivity contribution in [2.24, 2.45) is 5.92 Å². The molecular formula is C17H16F2N2O4S. The van der Waals surface area contributed by atoms with Gasteiger partial charge in [-0.25, -0.2) is 17.2 Å². The first-order valence-corrected chi connectivity index (χ1v) is 9.33. The van der Waals surface area contributed by atoms with Gasteiger partial charge in [-0.3, -0.25) is 10.2 Å². The number of ether oxygens (including phenoxy) is 1. The molecule has 1 amide bonds. The number of rotatable bonds is 7. The Balaban J connectivity index is 1.68. The molecule has 26 heavy (non-hydrogen) atoms. The summed E-state index contributed by atoms with van der Waals surface area (Å²) in [6.07, 6.45) is 2.11. The molecule has 2 aromatic rings. The van der Waals surface area contributed by atoms with Gasteiger partial charge in [0.2, 0.25) is 0 Å². The molecule has 6 nitrogen and oxygen atoms in total. The topological polar surface area (TPSA) is 84.5 Å². The smallest absolute Gasteiger partial charge is 0.266 e. The highest BCUT2D eigenvalue weighted by atomic mass is 32.2. The van der Waals surface area contributed by atoms with Crippen molar-refractivity contribution < 1.29 is 26.7 Å². The summed E-state index contributed by atoms with van der Waals surface area (Å²) in [5, 5.41) is 0. The standard InChI is InChI=1S/C17H16F2N2O4S/c18-13-7-12(8-14(9-13)25-10-11-5-6-11)17(22)20-21-26(23,24)16-4-2-1-3-15(16)19/h1-4,7-9,11,21H,5-6,10H2,(H,20,22). The first kappa shape index (κ1) is 18.3. The maximum Gasteiger partial charge on any atom is 0.266 e. The van der Waals surface area contributed by atoms with Crippen molar-refractivity contribution in [1.82, 2.24) is 10.3 Å². The minimum atomic E-state index is -4.31. The molecule has 9 heteroatoms. The number of carbonyl (C=O) groups is 1. The van der Waals surface area contributed by atoms with E-state index in [1.807, 2.05) is 5.43 Å². The summed E-state index contributed by atoms with van der Waals surface area (Å²) in [5.41, 5.74) is 1.80. The maximum absolute atomic E-state index is 13.7. The van der Waals surface area contributed by atoms with Crippen LogP contribution in [0.25, 0.3) is 0 Å². The van der Waals surface area contributed by atoms with Crippen LogP contribution < -0.4 is 15.0 Å². The molecule has 0 atom stereocenters. The van der Waals surface area contributed by atoms with Gasteiger partial charge in [0.05, 0.1) is 6.61 Å². The Morgan fingerprint density at radius 2 is 1.88 bits per heavy atom. The summed E-state index contributed by atoms with van der Waals surface area (Å²) in [6, 6.07) is 8.10. The summed E-state index contributed by atoms with van der Waals surface area (Å²) >= 11 is 0. The number of hydrogen-bond acceptors (Lipinski definition) is 4. The molecule has 1 aliphatic rings. The third kappa shape index (κ3) is 4.55. The molecule has 1 aliphatic carbocycles. The van der Waals surface area contributed by atoms with Crippen molar-refractivity contribution in [3.05, 3.63) is 59.7 Å². The van der Waals surface area contributed by atoms with Crippen LogP contribution in [0.1, 0.15) is 23.2 Å². The lowest BCUT2D eigenvalue weighted by Crippen LogP contribution is -2.41. The van der Waals surface area contributed by atoms with E-state index in [9.17, 15) is 22.0 Å². The van der Waals surface area contributed by atoms with Crippen LogP contribution in [0, 0.1) is 17.6 Å². The highest BCUT2D eigenvalue weighted by Crippen LogP contribution is 2.29. The summed E-state index contributed by atoms with van der Waals surface area (Å²) in [5.74, 6) is -1.93. The third-order valence-corrected chi connectivity index (χ3v) is 5.02. The largest absolute Gasteiger partial charge is 0.493 e. The second-order valence-corrected chi connectivity index (χ2v) is 7.57. The van der Waals surface area contributed by atoms with E-state index in [-0.39, 0.29) is 11.3 Å². The van der Waals surface area contributed by atoms with Gasteiger partial charge in [-0.1, -0.05) is 12.1 Å². The van der Waals surface area contributed by atoms with Crippen molar-refractivity contribution in [2.45, 2.75) is 17.7 Å². The Morgan fingerprint density at radius 1 is 1.15 bits per heavy atom. The first-order valence-electron chi connectivity index (χ1n) is 7.85. The molecule has 1 saturated carbocycles. The monoisotopic (exact) mass is 382 g/mol. The van der Waals surface area contributed by atoms with Crippen molar-refractivity contribution in [1.29, 1.82) is 0 Å². The van der Waals surface area contributed by atoms with E-state index in [1.54, 1.807) is 4.83 Å². The van der Waals surface area contributed by atoms with Crippen LogP contribution in [0.4, 0.5) is 8.78 Å². The molecule has 138 valence electrons. The fraction of sp³-hybridized carbons (Fsp3) is 0.235. The molecule has 0 bridgehead atoms. The van der Waals surface area contributed by atoms with Gasteiger partial charge >= 0.3 is 0 Å². The fourth-order valence-electron chi connectivity index (χ4n) is 2.18. The fourth-order valence-corrected chi connectivity index (χ4v) is 3.10. The van der Waals surface area contributed by atoms with Gasteiger partial charge in [-0.05, 0) is 43.0 Å². The lowest BCUT2D eigenvalue weighted by Gasteiger charge is -2.11. The normalized spacial score (nSPS) is 14.1. The van der Waals surface area contributed by atoms with E-state index in [2.05, 4.69) is 0 Å². The van der Waals surface area contributed by atoms with Crippen molar-refractivity contribution >= 4 is 15.9 Å². The van der Waals surface area contributed by atoms with Crippen molar-refractivity contribution in [3.8, 4) is 5.75 Å². The van der Waals surface area contributed by atoms with Crippen LogP contribution in [0.2, 0.25) is 0 Å². The zero-order valence-electron chi connectivity index (χ0n) is 13.5. The number of amides is 1. The lowest BCUT2D eigenvalue weighted by molar-refractivity contribution is 0.0944. The summed E-state index contributed by atoms with van der Waals surface area (Å²) in [7, 11) is -4.31. The average Bonchev–Trinajstić information content (AvgIpc) is 3.42. The number of halogens is 2. The average molecular weight is 382 g/mol. The van der Waals surface area contributed by atoms with E-state index < -0.39 is 32.5 Å². The summed E-state index contributed by atoms with van der Waals surface area (Å²) in [4.78, 5) is 13.3. The molecule has 0 unspecified atom stereocenters. The Morgan fingerprint density at radius 3 is 2.58 bits per heavy atom. The second-order valence-electron chi connectivity index (χ2n) is 5.92. The van der Waals surface area contributed by atoms with Gasteiger partial charge in [0, 0.05) is 11.6 Å². The molecule has 2 aromatic carbocycles. The number of sulfonamides is 1. The SMILES string of the molecule is O=C(NNS(=O)(=O)c1ccccc1F)c1cc(F)cc(OCC2CC2)c1. The van der Waals surface area contributed by atoms with Crippen molar-refractivity contribution in [2.75, 3.05) is 6.61 Å². The van der Waals surface area contributed by atoms with E-state index in [4.69, 9.17) is 4.74 Å². The molecule has 0 spiro atoms. The van der Waals surface area contributed by atoms with Crippen LogP contribution >= 0.6 is 0 Å². The number of benzene rings is 2. The number of nitrogens with one attached hydrogen (secondary N) is 2. The predicted molar refractivity (Wildman–Crippen MR) is 88.8 cm³/mol. The Hall–Kier alpha value is -2.52. The quantitative estimate of drug-likeness (QED) is 0.720. The predicted octanol–water partition coefficient (Wildman–Crippen LogP) is 2.38. The Kier molecular flexibility index (Phi) is 5.19. The van der Waals surface area contributed by atoms with E-state index in [0.717, 1.165) is 37.1 Å². The molecule has 1 fully saturated rings. The molecule has 0 aliphatic heterocycles. The van der Waals surface area contributed by atoms with Crippen LogP contribution in [-0.2, 0) is 10.0 Å². The molecule has 0 heterocycles. The van der Waals surface area contributed by atoms with Gasteiger partial charge in [0.15, 0.2) is 0 Å². The summed E-state index contributed by atoms with van der Waals surface area (Å²) in [6.45, 7) is 0.435. The highest BCUT2D eigenvalue weighted by Gasteiger charge is 2.23. The second kappa shape index (κ2) is 7.38. The molecular weight excluding hydrogens is 366 g/mol. The zero-order chi connectivity index (χ0) is 18.7. The first-order chi connectivity index (χ1) is 12.3. The lowest BCUT2D eigenvalue weighted by atomic mass is 10.2. The third-order valence-electron chi connectivity index (χ3n) is 3.74. The minimum Gasteiger partial charge on any atom is -0.493 e. The highest BCUT2D eigenvalue weighted by molar-refractivity contribution is 7.89. The van der Waals surface area contributed by atoms with E-state index in [0.29, 0.717) is 12.5 Å². The molecule has 0 radical (unpaired) electrons. The Bertz CT molecular complexity index is 930. The van der Waals surface area contributed by atoms with E-state index >= 15 is 0 Å². The van der Waals surface area contributed by atoms with Crippen LogP contribution in [-0.4, -0.2) is 20.9 Å². The number of hydrogen-bond donors (Lipinski definition) is 2. The summed E-state index contributed by atoms with van der Waals surface area (Å²) < 4.78 is 56.8. The Labute approximate surface area is 149 Å². The molecule has 3 rings (SSSR count). The van der Waals surface area contributed by atoms with Crippen LogP contribution in [0.3, 0.4) is 0 Å². The molecule has 0 saturated heterocycles. The van der Waals surface area contributed by atoms with Crippen LogP contribution in [0.5, 0.6) is 5.75 Å².